The van der Waals surface area contributed by atoms with Gasteiger partial charge in [0.25, 0.3) is 0 Å². The van der Waals surface area contributed by atoms with Crippen molar-refractivity contribution in [3.05, 3.63) is 29.6 Å². The van der Waals surface area contributed by atoms with E-state index in [4.69, 9.17) is 11.5 Å². The molecule has 2 rings (SSSR count). The maximum atomic E-state index is 13.1. The highest BCUT2D eigenvalue weighted by Crippen LogP contribution is 2.29. The summed E-state index contributed by atoms with van der Waals surface area (Å²) < 4.78 is 13.1. The minimum Gasteiger partial charge on any atom is -0.368 e. The van der Waals surface area contributed by atoms with E-state index >= 15 is 0 Å². The smallest absolute Gasteiger partial charge is 0.240 e. The molecule has 1 unspecified atom stereocenters. The zero-order chi connectivity index (χ0) is 12.4. The van der Waals surface area contributed by atoms with Crippen LogP contribution in [0.3, 0.4) is 0 Å². The molecule has 1 aliphatic rings. The van der Waals surface area contributed by atoms with Crippen molar-refractivity contribution in [1.82, 2.24) is 0 Å². The normalized spacial score (nSPS) is 19.6. The lowest BCUT2D eigenvalue weighted by Gasteiger charge is -2.26. The Morgan fingerprint density at radius 1 is 1.53 bits per heavy atom. The summed E-state index contributed by atoms with van der Waals surface area (Å²) >= 11 is 0. The van der Waals surface area contributed by atoms with Crippen LogP contribution in [0.5, 0.6) is 0 Å². The van der Waals surface area contributed by atoms with Crippen LogP contribution in [-0.2, 0) is 11.3 Å². The summed E-state index contributed by atoms with van der Waals surface area (Å²) in [6, 6.07) is 4.15. The third-order valence-electron chi connectivity index (χ3n) is 3.15. The molecule has 1 amide bonds. The highest BCUT2D eigenvalue weighted by molar-refractivity contribution is 5.84. The van der Waals surface area contributed by atoms with E-state index in [1.54, 1.807) is 6.07 Å². The van der Waals surface area contributed by atoms with Crippen molar-refractivity contribution in [1.29, 1.82) is 0 Å². The Labute approximate surface area is 99.4 Å². The van der Waals surface area contributed by atoms with Gasteiger partial charge in [0, 0.05) is 18.8 Å². The van der Waals surface area contributed by atoms with Crippen LogP contribution >= 0.6 is 0 Å². The second-order valence-electron chi connectivity index (χ2n) is 4.23. The van der Waals surface area contributed by atoms with Crippen LogP contribution in [-0.4, -0.2) is 18.5 Å². The Kier molecular flexibility index (Phi) is 3.28. The average molecular weight is 237 g/mol. The van der Waals surface area contributed by atoms with E-state index in [0.717, 1.165) is 25.1 Å². The summed E-state index contributed by atoms with van der Waals surface area (Å²) in [7, 11) is 0. The van der Waals surface area contributed by atoms with Crippen molar-refractivity contribution in [2.45, 2.75) is 25.4 Å². The number of nitrogens with two attached hydrogens (primary N) is 2. The number of hydrogen-bond acceptors (Lipinski definition) is 3. The Morgan fingerprint density at radius 2 is 2.29 bits per heavy atom. The molecule has 0 spiro atoms. The van der Waals surface area contributed by atoms with Gasteiger partial charge in [-0.05, 0) is 36.6 Å². The number of amides is 1. The van der Waals surface area contributed by atoms with Gasteiger partial charge < -0.3 is 16.4 Å². The lowest BCUT2D eigenvalue weighted by atomic mass is 10.1. The molecular weight excluding hydrogens is 221 g/mol. The average Bonchev–Trinajstić information content (AvgIpc) is 2.77. The van der Waals surface area contributed by atoms with Gasteiger partial charge in [0.15, 0.2) is 0 Å². The first-order valence-corrected chi connectivity index (χ1v) is 5.68. The molecule has 0 saturated carbocycles. The number of nitrogens with zero attached hydrogens (tertiary/aromatic N) is 1. The van der Waals surface area contributed by atoms with Crippen molar-refractivity contribution in [2.24, 2.45) is 11.5 Å². The summed E-state index contributed by atoms with van der Waals surface area (Å²) in [5, 5.41) is 0. The highest BCUT2D eigenvalue weighted by atomic mass is 19.1. The quantitative estimate of drug-likeness (QED) is 0.814. The summed E-state index contributed by atoms with van der Waals surface area (Å²) in [6.07, 6.45) is 1.66. The van der Waals surface area contributed by atoms with Crippen LogP contribution < -0.4 is 16.4 Å². The van der Waals surface area contributed by atoms with Crippen LogP contribution in [0.1, 0.15) is 18.4 Å². The second kappa shape index (κ2) is 4.71. The van der Waals surface area contributed by atoms with E-state index in [1.165, 1.54) is 12.1 Å². The number of rotatable bonds is 3. The van der Waals surface area contributed by atoms with E-state index in [0.29, 0.717) is 5.56 Å². The molecule has 5 heteroatoms. The third-order valence-corrected chi connectivity index (χ3v) is 3.15. The molecule has 1 atom stereocenters. The SMILES string of the molecule is NCc1cc(F)ccc1N1CCCC1C(N)=O. The summed E-state index contributed by atoms with van der Waals surface area (Å²) in [4.78, 5) is 13.2. The Bertz CT molecular complexity index is 436. The Balaban J connectivity index is 2.36. The number of carbonyl (C=O) groups is 1. The van der Waals surface area contributed by atoms with Crippen LogP contribution in [0.15, 0.2) is 18.2 Å². The molecule has 92 valence electrons. The first kappa shape index (κ1) is 11.9. The minimum absolute atomic E-state index is 0.245. The minimum atomic E-state index is -0.338. The molecule has 1 fully saturated rings. The van der Waals surface area contributed by atoms with Crippen molar-refractivity contribution in [3.63, 3.8) is 0 Å². The number of anilines is 1. The molecule has 1 heterocycles. The predicted molar refractivity (Wildman–Crippen MR) is 63.9 cm³/mol. The second-order valence-corrected chi connectivity index (χ2v) is 4.23. The number of halogens is 1. The van der Waals surface area contributed by atoms with E-state index in [2.05, 4.69) is 0 Å². The third kappa shape index (κ3) is 2.24. The molecule has 17 heavy (non-hydrogen) atoms. The number of carbonyl (C=O) groups excluding carboxylic acids is 1. The standard InChI is InChI=1S/C12H16FN3O/c13-9-3-4-10(8(6-9)7-14)16-5-1-2-11(16)12(15)17/h3-4,6,11H,1-2,5,7,14H2,(H2,15,17). The number of hydrogen-bond donors (Lipinski definition) is 2. The Morgan fingerprint density at radius 3 is 2.94 bits per heavy atom. The van der Waals surface area contributed by atoms with Crippen molar-refractivity contribution in [2.75, 3.05) is 11.4 Å². The topological polar surface area (TPSA) is 72.3 Å². The lowest BCUT2D eigenvalue weighted by Crippen LogP contribution is -2.40. The van der Waals surface area contributed by atoms with Gasteiger partial charge in [-0.3, -0.25) is 4.79 Å². The van der Waals surface area contributed by atoms with E-state index in [-0.39, 0.29) is 24.3 Å². The molecule has 1 aromatic carbocycles. The maximum absolute atomic E-state index is 13.1. The van der Waals surface area contributed by atoms with Crippen LogP contribution in [0.2, 0.25) is 0 Å². The van der Waals surface area contributed by atoms with Crippen LogP contribution in [0, 0.1) is 5.82 Å². The molecule has 1 saturated heterocycles. The molecule has 1 aliphatic heterocycles. The molecule has 4 N–H and O–H groups in total. The zero-order valence-corrected chi connectivity index (χ0v) is 9.53. The summed E-state index contributed by atoms with van der Waals surface area (Å²) in [5.74, 6) is -0.654. The van der Waals surface area contributed by atoms with Gasteiger partial charge in [-0.25, -0.2) is 4.39 Å². The highest BCUT2D eigenvalue weighted by Gasteiger charge is 2.30. The summed E-state index contributed by atoms with van der Waals surface area (Å²) in [5.41, 5.74) is 12.5. The lowest BCUT2D eigenvalue weighted by molar-refractivity contribution is -0.119. The van der Waals surface area contributed by atoms with Gasteiger partial charge in [-0.1, -0.05) is 0 Å². The first-order chi connectivity index (χ1) is 8.13. The van der Waals surface area contributed by atoms with Gasteiger partial charge in [-0.2, -0.15) is 0 Å². The molecule has 4 nitrogen and oxygen atoms in total. The fraction of sp³-hybridized carbons (Fsp3) is 0.417. The zero-order valence-electron chi connectivity index (χ0n) is 9.53. The first-order valence-electron chi connectivity index (χ1n) is 5.68. The monoisotopic (exact) mass is 237 g/mol. The molecule has 0 radical (unpaired) electrons. The largest absolute Gasteiger partial charge is 0.368 e. The van der Waals surface area contributed by atoms with E-state index in [9.17, 15) is 9.18 Å². The van der Waals surface area contributed by atoms with Gasteiger partial charge in [0.1, 0.15) is 11.9 Å². The number of primary amides is 1. The van der Waals surface area contributed by atoms with Crippen molar-refractivity contribution >= 4 is 11.6 Å². The van der Waals surface area contributed by atoms with Crippen molar-refractivity contribution < 1.29 is 9.18 Å². The molecule has 1 aromatic rings. The molecule has 0 aliphatic carbocycles. The van der Waals surface area contributed by atoms with Crippen LogP contribution in [0.4, 0.5) is 10.1 Å². The number of benzene rings is 1. The fourth-order valence-corrected chi connectivity index (χ4v) is 2.35. The predicted octanol–water partition coefficient (Wildman–Crippen LogP) is 0.738. The van der Waals surface area contributed by atoms with Gasteiger partial charge in [0.05, 0.1) is 0 Å². The molecule has 0 bridgehead atoms. The van der Waals surface area contributed by atoms with E-state index < -0.39 is 0 Å². The Hall–Kier alpha value is -1.62. The van der Waals surface area contributed by atoms with Crippen LogP contribution in [0.25, 0.3) is 0 Å². The van der Waals surface area contributed by atoms with E-state index in [1.807, 2.05) is 4.90 Å². The van der Waals surface area contributed by atoms with Crippen molar-refractivity contribution in [3.8, 4) is 0 Å². The summed E-state index contributed by atoms with van der Waals surface area (Å²) in [6.45, 7) is 1.00. The molecule has 0 aromatic heterocycles. The molecular formula is C12H16FN3O. The fourth-order valence-electron chi connectivity index (χ4n) is 2.35. The van der Waals surface area contributed by atoms with Gasteiger partial charge >= 0.3 is 0 Å². The van der Waals surface area contributed by atoms with Gasteiger partial charge in [-0.15, -0.1) is 0 Å². The van der Waals surface area contributed by atoms with Gasteiger partial charge in [0.2, 0.25) is 5.91 Å². The maximum Gasteiger partial charge on any atom is 0.240 e.